The van der Waals surface area contributed by atoms with Gasteiger partial charge in [0.1, 0.15) is 0 Å². The van der Waals surface area contributed by atoms with Gasteiger partial charge in [-0.3, -0.25) is 0 Å². The molecular weight excluding hydrogens is 509 g/mol. The number of allylic oxidation sites excluding steroid dienone is 2. The normalized spacial score (nSPS) is 12.2. The van der Waals surface area contributed by atoms with Gasteiger partial charge in [-0.2, -0.15) is 0 Å². The Morgan fingerprint density at radius 2 is 0.561 bits per heavy atom. The zero-order valence-corrected chi connectivity index (χ0v) is 30.7. The fourth-order valence-electron chi connectivity index (χ4n) is 6.90. The van der Waals surface area contributed by atoms with Crippen LogP contribution in [0.15, 0.2) is 12.2 Å². The first-order valence-electron chi connectivity index (χ1n) is 19.9. The fourth-order valence-corrected chi connectivity index (χ4v) is 11.9. The van der Waals surface area contributed by atoms with E-state index in [0.717, 1.165) is 0 Å². The average Bonchev–Trinajstić information content (AvgIpc) is 2.98. The molecule has 0 aromatic rings. The zero-order valence-electron chi connectivity index (χ0n) is 29.7. The largest absolute Gasteiger partial charge is 0.0912 e. The minimum Gasteiger partial charge on any atom is -0.0912 e. The molecule has 0 atom stereocenters. The molecule has 0 aliphatic rings. The number of hydrogen-bond donors (Lipinski definition) is 0. The lowest BCUT2D eigenvalue weighted by molar-refractivity contribution is 0.574. The fraction of sp³-hybridized carbons (Fsp3) is 0.950. The van der Waals surface area contributed by atoms with Crippen LogP contribution in [0.4, 0.5) is 0 Å². The van der Waals surface area contributed by atoms with Gasteiger partial charge in [0.2, 0.25) is 0 Å². The first kappa shape index (κ1) is 41.0. The maximum atomic E-state index is 2.71. The number of hydrogen-bond acceptors (Lipinski definition) is 0. The standard InChI is InChI=1S/C40H82Si/c1-5-9-13-17-21-25-29-33-37-41(38-34-30-26-22-18-14-10-6-2,39-35-31-27-23-19-15-11-7-3)40-36-32-28-24-20-16-12-8-4/h29,33H,5-28,30-32,34-40H2,1-4H3/b33-29+. The minimum atomic E-state index is -1.21. The van der Waals surface area contributed by atoms with Crippen molar-refractivity contribution in [3.63, 3.8) is 0 Å². The molecule has 0 saturated carbocycles. The number of rotatable bonds is 35. The molecule has 0 amide bonds. The van der Waals surface area contributed by atoms with Gasteiger partial charge in [0.05, 0.1) is 8.07 Å². The molecule has 0 aromatic carbocycles. The van der Waals surface area contributed by atoms with E-state index in [9.17, 15) is 0 Å². The molecule has 0 aromatic heterocycles. The first-order chi connectivity index (χ1) is 20.2. The van der Waals surface area contributed by atoms with Crippen molar-refractivity contribution in [2.45, 2.75) is 244 Å². The van der Waals surface area contributed by atoms with Crippen molar-refractivity contribution < 1.29 is 0 Å². The van der Waals surface area contributed by atoms with E-state index in [2.05, 4.69) is 39.8 Å². The second kappa shape index (κ2) is 34.4. The van der Waals surface area contributed by atoms with Crippen molar-refractivity contribution in [1.29, 1.82) is 0 Å². The van der Waals surface area contributed by atoms with Crippen LogP contribution in [-0.4, -0.2) is 8.07 Å². The summed E-state index contributed by atoms with van der Waals surface area (Å²) in [6.07, 6.45) is 49.2. The Balaban J connectivity index is 4.91. The molecule has 0 aliphatic carbocycles. The average molecular weight is 591 g/mol. The third-order valence-electron chi connectivity index (χ3n) is 9.87. The van der Waals surface area contributed by atoms with Crippen molar-refractivity contribution in [2.75, 3.05) is 0 Å². The molecular formula is C40H82Si. The van der Waals surface area contributed by atoms with Gasteiger partial charge in [-0.15, -0.1) is 0 Å². The quantitative estimate of drug-likeness (QED) is 0.0391. The number of unbranched alkanes of at least 4 members (excludes halogenated alkanes) is 26. The third kappa shape index (κ3) is 29.8. The Kier molecular flexibility index (Phi) is 34.4. The molecule has 0 bridgehead atoms. The van der Waals surface area contributed by atoms with E-state index in [1.54, 1.807) is 37.4 Å². The Hall–Kier alpha value is -0.0431. The van der Waals surface area contributed by atoms with E-state index in [1.807, 2.05) is 0 Å². The van der Waals surface area contributed by atoms with Gasteiger partial charge in [0, 0.05) is 0 Å². The summed E-state index contributed by atoms with van der Waals surface area (Å²) in [4.78, 5) is 0. The Morgan fingerprint density at radius 3 is 0.878 bits per heavy atom. The Bertz CT molecular complexity index is 445. The van der Waals surface area contributed by atoms with Crippen LogP contribution in [-0.2, 0) is 0 Å². The van der Waals surface area contributed by atoms with Crippen LogP contribution in [0.1, 0.15) is 220 Å². The molecule has 0 N–H and O–H groups in total. The Morgan fingerprint density at radius 1 is 0.293 bits per heavy atom. The maximum absolute atomic E-state index is 2.71. The van der Waals surface area contributed by atoms with Gasteiger partial charge < -0.3 is 0 Å². The maximum Gasteiger partial charge on any atom is 0.0573 e. The van der Waals surface area contributed by atoms with Crippen molar-refractivity contribution in [3.05, 3.63) is 12.2 Å². The summed E-state index contributed by atoms with van der Waals surface area (Å²) in [5.74, 6) is 0. The van der Waals surface area contributed by atoms with Crippen molar-refractivity contribution >= 4 is 8.07 Å². The van der Waals surface area contributed by atoms with E-state index >= 15 is 0 Å². The summed E-state index contributed by atoms with van der Waals surface area (Å²) in [5.41, 5.74) is 0. The molecule has 0 nitrogen and oxygen atoms in total. The van der Waals surface area contributed by atoms with E-state index in [0.29, 0.717) is 0 Å². The monoisotopic (exact) mass is 591 g/mol. The van der Waals surface area contributed by atoms with Crippen molar-refractivity contribution in [2.24, 2.45) is 0 Å². The molecule has 0 aliphatic heterocycles. The summed E-state index contributed by atoms with van der Waals surface area (Å²) in [6.45, 7) is 9.34. The molecule has 0 heterocycles. The van der Waals surface area contributed by atoms with Crippen LogP contribution in [0, 0.1) is 0 Å². The Labute approximate surface area is 264 Å². The van der Waals surface area contributed by atoms with Crippen LogP contribution >= 0.6 is 0 Å². The summed E-state index contributed by atoms with van der Waals surface area (Å²) >= 11 is 0. The van der Waals surface area contributed by atoms with Gasteiger partial charge in [-0.1, -0.05) is 238 Å². The molecule has 0 fully saturated rings. The summed E-state index contributed by atoms with van der Waals surface area (Å²) < 4.78 is 0. The molecule has 0 spiro atoms. The lowest BCUT2D eigenvalue weighted by atomic mass is 10.1. The zero-order chi connectivity index (χ0) is 30.0. The van der Waals surface area contributed by atoms with Crippen LogP contribution in [0.25, 0.3) is 0 Å². The molecule has 246 valence electrons. The van der Waals surface area contributed by atoms with E-state index in [-0.39, 0.29) is 0 Å². The molecule has 0 rings (SSSR count). The molecule has 1 heteroatoms. The highest BCUT2D eigenvalue weighted by Gasteiger charge is 2.29. The van der Waals surface area contributed by atoms with Gasteiger partial charge >= 0.3 is 0 Å². The topological polar surface area (TPSA) is 0 Å². The van der Waals surface area contributed by atoms with Crippen LogP contribution in [0.2, 0.25) is 24.2 Å². The van der Waals surface area contributed by atoms with Gasteiger partial charge in [-0.05, 0) is 18.9 Å². The van der Waals surface area contributed by atoms with Crippen molar-refractivity contribution in [1.82, 2.24) is 0 Å². The first-order valence-corrected chi connectivity index (χ1v) is 22.7. The highest BCUT2D eigenvalue weighted by molar-refractivity contribution is 6.80. The second-order valence-electron chi connectivity index (χ2n) is 14.1. The van der Waals surface area contributed by atoms with Crippen LogP contribution in [0.3, 0.4) is 0 Å². The minimum absolute atomic E-state index is 1.21. The van der Waals surface area contributed by atoms with Crippen LogP contribution < -0.4 is 0 Å². The van der Waals surface area contributed by atoms with Gasteiger partial charge in [-0.25, -0.2) is 0 Å². The smallest absolute Gasteiger partial charge is 0.0573 e. The van der Waals surface area contributed by atoms with E-state index in [1.165, 1.54) is 179 Å². The van der Waals surface area contributed by atoms with Crippen molar-refractivity contribution in [3.8, 4) is 0 Å². The SMILES string of the molecule is CCCCCCC/C=C/C[Si](CCCCCCCCCC)(CCCCCCCCCC)CCCCCCCCCC. The van der Waals surface area contributed by atoms with E-state index in [4.69, 9.17) is 0 Å². The van der Waals surface area contributed by atoms with Gasteiger partial charge in [0.25, 0.3) is 0 Å². The summed E-state index contributed by atoms with van der Waals surface area (Å²) in [5, 5.41) is 0. The van der Waals surface area contributed by atoms with E-state index < -0.39 is 8.07 Å². The highest BCUT2D eigenvalue weighted by Crippen LogP contribution is 2.34. The highest BCUT2D eigenvalue weighted by atomic mass is 28.3. The molecule has 0 unspecified atom stereocenters. The lowest BCUT2D eigenvalue weighted by Crippen LogP contribution is -2.33. The second-order valence-corrected chi connectivity index (χ2v) is 19.0. The molecule has 0 radical (unpaired) electrons. The molecule has 41 heavy (non-hydrogen) atoms. The lowest BCUT2D eigenvalue weighted by Gasteiger charge is -2.32. The third-order valence-corrected chi connectivity index (χ3v) is 15.2. The summed E-state index contributed by atoms with van der Waals surface area (Å²) in [7, 11) is -1.21. The molecule has 0 saturated heterocycles. The predicted molar refractivity (Wildman–Crippen MR) is 195 cm³/mol. The van der Waals surface area contributed by atoms with Crippen LogP contribution in [0.5, 0.6) is 0 Å². The predicted octanol–water partition coefficient (Wildman–Crippen LogP) is 15.8. The van der Waals surface area contributed by atoms with Gasteiger partial charge in [0.15, 0.2) is 0 Å². The summed E-state index contributed by atoms with van der Waals surface area (Å²) in [6, 6.07) is 6.41.